The highest BCUT2D eigenvalue weighted by Crippen LogP contribution is 2.23. The summed E-state index contributed by atoms with van der Waals surface area (Å²) >= 11 is 1.45. The van der Waals surface area contributed by atoms with Gasteiger partial charge < -0.3 is 10.4 Å². The van der Waals surface area contributed by atoms with Crippen molar-refractivity contribution in [1.82, 2.24) is 10.3 Å². The summed E-state index contributed by atoms with van der Waals surface area (Å²) in [6.07, 6.45) is 0.166. The Balaban J connectivity index is 1.91. The molecule has 5 heteroatoms. The molecule has 0 aliphatic heterocycles. The highest BCUT2D eigenvalue weighted by molar-refractivity contribution is 7.13. The zero-order valence-electron chi connectivity index (χ0n) is 12.2. The molecule has 0 saturated carbocycles. The van der Waals surface area contributed by atoms with Crippen LogP contribution in [-0.2, 0) is 0 Å². The van der Waals surface area contributed by atoms with E-state index in [0.29, 0.717) is 18.7 Å². The van der Waals surface area contributed by atoms with E-state index in [4.69, 9.17) is 0 Å². The molecule has 2 aromatic rings. The normalized spacial score (nSPS) is 12.4. The molecule has 0 radical (unpaired) electrons. The number of hydrogen-bond acceptors (Lipinski definition) is 4. The Morgan fingerprint density at radius 2 is 2.05 bits per heavy atom. The largest absolute Gasteiger partial charge is 0.393 e. The minimum atomic E-state index is -0.388. The lowest BCUT2D eigenvalue weighted by atomic mass is 10.0. The highest BCUT2D eigenvalue weighted by atomic mass is 32.1. The molecule has 0 aliphatic carbocycles. The van der Waals surface area contributed by atoms with Crippen molar-refractivity contribution in [2.75, 3.05) is 6.54 Å². The van der Waals surface area contributed by atoms with Crippen LogP contribution in [0.1, 0.15) is 30.8 Å². The number of aromatic nitrogens is 1. The van der Waals surface area contributed by atoms with Crippen LogP contribution >= 0.6 is 11.3 Å². The molecule has 0 bridgehead atoms. The second kappa shape index (κ2) is 7.33. The smallest absolute Gasteiger partial charge is 0.270 e. The van der Waals surface area contributed by atoms with E-state index in [9.17, 15) is 9.90 Å². The second-order valence-electron chi connectivity index (χ2n) is 5.26. The van der Waals surface area contributed by atoms with Gasteiger partial charge >= 0.3 is 0 Å². The molecule has 0 fully saturated rings. The summed E-state index contributed by atoms with van der Waals surface area (Å²) in [4.78, 5) is 16.3. The van der Waals surface area contributed by atoms with E-state index in [1.165, 1.54) is 11.3 Å². The third-order valence-electron chi connectivity index (χ3n) is 3.25. The molecule has 112 valence electrons. The van der Waals surface area contributed by atoms with E-state index in [1.54, 1.807) is 5.38 Å². The average molecular weight is 304 g/mol. The van der Waals surface area contributed by atoms with Gasteiger partial charge in [-0.3, -0.25) is 4.79 Å². The van der Waals surface area contributed by atoms with Crippen molar-refractivity contribution in [3.63, 3.8) is 0 Å². The lowest BCUT2D eigenvalue weighted by Crippen LogP contribution is -2.28. The van der Waals surface area contributed by atoms with E-state index < -0.39 is 0 Å². The molecule has 1 unspecified atom stereocenters. The molecule has 21 heavy (non-hydrogen) atoms. The van der Waals surface area contributed by atoms with Crippen molar-refractivity contribution >= 4 is 17.2 Å². The average Bonchev–Trinajstić information content (AvgIpc) is 2.97. The minimum Gasteiger partial charge on any atom is -0.393 e. The third kappa shape index (κ3) is 4.37. The number of nitrogens with zero attached hydrogens (tertiary/aromatic N) is 1. The first-order chi connectivity index (χ1) is 10.1. The zero-order chi connectivity index (χ0) is 15.2. The van der Waals surface area contributed by atoms with Crippen LogP contribution in [0.15, 0.2) is 35.7 Å². The predicted octanol–water partition coefficient (Wildman–Crippen LogP) is 2.95. The number of rotatable bonds is 6. The number of carbonyl (C=O) groups is 1. The van der Waals surface area contributed by atoms with Crippen molar-refractivity contribution < 1.29 is 9.90 Å². The van der Waals surface area contributed by atoms with Crippen molar-refractivity contribution in [3.05, 3.63) is 41.4 Å². The Kier molecular flexibility index (Phi) is 5.47. The van der Waals surface area contributed by atoms with Gasteiger partial charge in [0.15, 0.2) is 0 Å². The molecule has 2 N–H and O–H groups in total. The van der Waals surface area contributed by atoms with E-state index in [-0.39, 0.29) is 17.9 Å². The Bertz CT molecular complexity index is 581. The number of amides is 1. The number of aliphatic hydroxyl groups is 1. The molecule has 1 atom stereocenters. The minimum absolute atomic E-state index is 0.190. The summed E-state index contributed by atoms with van der Waals surface area (Å²) < 4.78 is 0. The predicted molar refractivity (Wildman–Crippen MR) is 85.3 cm³/mol. The highest BCUT2D eigenvalue weighted by Gasteiger charge is 2.13. The van der Waals surface area contributed by atoms with Crippen LogP contribution in [0.3, 0.4) is 0 Å². The van der Waals surface area contributed by atoms with Crippen molar-refractivity contribution in [2.45, 2.75) is 26.4 Å². The first-order valence-electron chi connectivity index (χ1n) is 7.05. The van der Waals surface area contributed by atoms with Crippen LogP contribution in [0.2, 0.25) is 0 Å². The van der Waals surface area contributed by atoms with E-state index in [0.717, 1.165) is 10.6 Å². The number of aliphatic hydroxyl groups excluding tert-OH is 1. The molecular formula is C16H20N2O2S. The molecule has 0 saturated heterocycles. The molecule has 1 heterocycles. The molecule has 2 rings (SSSR count). The lowest BCUT2D eigenvalue weighted by molar-refractivity contribution is 0.0916. The fourth-order valence-corrected chi connectivity index (χ4v) is 2.66. The summed E-state index contributed by atoms with van der Waals surface area (Å²) in [5.74, 6) is 0.00949. The Morgan fingerprint density at radius 3 is 2.71 bits per heavy atom. The summed E-state index contributed by atoms with van der Waals surface area (Å²) in [6.45, 7) is 4.37. The molecule has 0 aliphatic rings. The number of thiazole rings is 1. The fraction of sp³-hybridized carbons (Fsp3) is 0.375. The summed E-state index contributed by atoms with van der Waals surface area (Å²) in [5.41, 5.74) is 1.44. The standard InChI is InChI=1S/C16H20N2O2S/c1-11(2)14(19)8-9-17-15(20)13-10-21-16(18-13)12-6-4-3-5-7-12/h3-7,10-11,14,19H,8-9H2,1-2H3,(H,17,20). The van der Waals surface area contributed by atoms with Crippen molar-refractivity contribution in [2.24, 2.45) is 5.92 Å². The monoisotopic (exact) mass is 304 g/mol. The maximum atomic E-state index is 12.0. The van der Waals surface area contributed by atoms with E-state index >= 15 is 0 Å². The lowest BCUT2D eigenvalue weighted by Gasteiger charge is -2.14. The number of carbonyl (C=O) groups excluding carboxylic acids is 1. The van der Waals surface area contributed by atoms with Gasteiger partial charge in [0.1, 0.15) is 10.7 Å². The number of nitrogens with one attached hydrogen (secondary N) is 1. The van der Waals surface area contributed by atoms with Crippen LogP contribution in [-0.4, -0.2) is 28.6 Å². The zero-order valence-corrected chi connectivity index (χ0v) is 13.1. The summed E-state index contributed by atoms with van der Waals surface area (Å²) in [6, 6.07) is 9.79. The molecule has 4 nitrogen and oxygen atoms in total. The van der Waals surface area contributed by atoms with Crippen molar-refractivity contribution in [3.8, 4) is 10.6 Å². The second-order valence-corrected chi connectivity index (χ2v) is 6.12. The molecular weight excluding hydrogens is 284 g/mol. The SMILES string of the molecule is CC(C)C(O)CCNC(=O)c1csc(-c2ccccc2)n1. The Labute approximate surface area is 128 Å². The third-order valence-corrected chi connectivity index (χ3v) is 4.14. The topological polar surface area (TPSA) is 62.2 Å². The van der Waals surface area contributed by atoms with Crippen LogP contribution < -0.4 is 5.32 Å². The van der Waals surface area contributed by atoms with Gasteiger partial charge in [0.05, 0.1) is 6.10 Å². The number of benzene rings is 1. The van der Waals surface area contributed by atoms with Crippen LogP contribution in [0, 0.1) is 5.92 Å². The molecule has 1 amide bonds. The van der Waals surface area contributed by atoms with Gasteiger partial charge in [0, 0.05) is 17.5 Å². The molecule has 1 aromatic heterocycles. The van der Waals surface area contributed by atoms with E-state index in [2.05, 4.69) is 10.3 Å². The maximum Gasteiger partial charge on any atom is 0.270 e. The van der Waals surface area contributed by atoms with Crippen LogP contribution in [0.5, 0.6) is 0 Å². The van der Waals surface area contributed by atoms with Gasteiger partial charge in [-0.25, -0.2) is 4.98 Å². The Morgan fingerprint density at radius 1 is 1.33 bits per heavy atom. The fourth-order valence-electron chi connectivity index (χ4n) is 1.85. The first kappa shape index (κ1) is 15.7. The summed E-state index contributed by atoms with van der Waals surface area (Å²) in [7, 11) is 0. The Hall–Kier alpha value is -1.72. The van der Waals surface area contributed by atoms with Gasteiger partial charge in [0.2, 0.25) is 0 Å². The van der Waals surface area contributed by atoms with Gasteiger partial charge in [-0.15, -0.1) is 11.3 Å². The quantitative estimate of drug-likeness (QED) is 0.862. The molecule has 1 aromatic carbocycles. The van der Waals surface area contributed by atoms with Crippen LogP contribution in [0.25, 0.3) is 10.6 Å². The number of hydrogen-bond donors (Lipinski definition) is 2. The van der Waals surface area contributed by atoms with Gasteiger partial charge in [-0.05, 0) is 12.3 Å². The van der Waals surface area contributed by atoms with Gasteiger partial charge in [-0.2, -0.15) is 0 Å². The maximum absolute atomic E-state index is 12.0. The first-order valence-corrected chi connectivity index (χ1v) is 7.93. The van der Waals surface area contributed by atoms with Gasteiger partial charge in [-0.1, -0.05) is 44.2 Å². The van der Waals surface area contributed by atoms with Gasteiger partial charge in [0.25, 0.3) is 5.91 Å². The van der Waals surface area contributed by atoms with E-state index in [1.807, 2.05) is 44.2 Å². The van der Waals surface area contributed by atoms with Crippen LogP contribution in [0.4, 0.5) is 0 Å². The molecule has 0 spiro atoms. The summed E-state index contributed by atoms with van der Waals surface area (Å²) in [5, 5.41) is 15.1. The van der Waals surface area contributed by atoms with Crippen molar-refractivity contribution in [1.29, 1.82) is 0 Å².